The van der Waals surface area contributed by atoms with Gasteiger partial charge in [0.2, 0.25) is 0 Å². The first-order chi connectivity index (χ1) is 17.6. The molecule has 6 atom stereocenters. The van der Waals surface area contributed by atoms with Gasteiger partial charge in [-0.05, 0) is 64.6 Å². The molecule has 3 saturated carbocycles. The lowest BCUT2D eigenvalue weighted by molar-refractivity contribution is -0.147. The zero-order chi connectivity index (χ0) is 26.7. The Balaban J connectivity index is 1.50. The maximum Gasteiger partial charge on any atom is 0.306 e. The molecule has 5 heteroatoms. The topological polar surface area (TPSA) is 52.6 Å². The number of carbonyl (C=O) groups excluding carboxylic acids is 2. The van der Waals surface area contributed by atoms with E-state index in [0.717, 1.165) is 18.6 Å². The lowest BCUT2D eigenvalue weighted by atomic mass is 9.57. The molecule has 3 aliphatic carbocycles. The van der Waals surface area contributed by atoms with E-state index in [2.05, 4.69) is 41.5 Å². The number of Topliss-reactive ketones (excluding diaryl/α,β-unsaturated/α-hetero) is 1. The van der Waals surface area contributed by atoms with Gasteiger partial charge in [-0.2, -0.15) is 0 Å². The molecule has 0 aliphatic heterocycles. The standard InChI is InChI=1S/C32H50O4Si/c1-21(2)37(22(3)4,23(5)6)36-20-27-16-25-14-10-11-15-28(25)31-26(17-29(33)32(27)31)18-30(34)35-19-24-12-8-7-9-13-24/h7-9,12-13,21-23,25-28,31-32H,10-11,14-20H2,1-6H3/t25-,26+,27-,28+,31-,32-/m0/s1. The molecule has 4 rings (SSSR count). The molecule has 3 fully saturated rings. The summed E-state index contributed by atoms with van der Waals surface area (Å²) in [4.78, 5) is 26.5. The second-order valence-electron chi connectivity index (χ2n) is 13.2. The molecule has 0 amide bonds. The molecule has 0 unspecified atom stereocenters. The molecule has 1 aromatic rings. The highest BCUT2D eigenvalue weighted by Gasteiger charge is 2.56. The number of carbonyl (C=O) groups is 2. The SMILES string of the molecule is CC(C)[Si](OC[C@@H]1C[C@@H]2CCCC[C@H]2[C@@H]2[C@@H](CC(=O)OCc3ccccc3)CC(=O)[C@H]12)(C(C)C)C(C)C. The van der Waals surface area contributed by atoms with E-state index in [4.69, 9.17) is 9.16 Å². The van der Waals surface area contributed by atoms with Crippen molar-refractivity contribution in [3.05, 3.63) is 35.9 Å². The molecule has 0 aromatic heterocycles. The summed E-state index contributed by atoms with van der Waals surface area (Å²) in [5.74, 6) is 2.28. The molecule has 206 valence electrons. The van der Waals surface area contributed by atoms with E-state index in [1.165, 1.54) is 25.7 Å². The summed E-state index contributed by atoms with van der Waals surface area (Å²) in [6.45, 7) is 15.1. The van der Waals surface area contributed by atoms with Crippen LogP contribution in [-0.4, -0.2) is 26.7 Å². The maximum atomic E-state index is 13.6. The number of ether oxygens (including phenoxy) is 1. The van der Waals surface area contributed by atoms with E-state index in [1.54, 1.807) is 0 Å². The van der Waals surface area contributed by atoms with E-state index in [9.17, 15) is 9.59 Å². The zero-order valence-corrected chi connectivity index (χ0v) is 25.1. The van der Waals surface area contributed by atoms with E-state index in [-0.39, 0.29) is 17.8 Å². The Labute approximate surface area is 226 Å². The molecular formula is C32H50O4Si. The smallest absolute Gasteiger partial charge is 0.306 e. The highest BCUT2D eigenvalue weighted by atomic mass is 28.4. The van der Waals surface area contributed by atoms with Crippen LogP contribution in [-0.2, 0) is 25.4 Å². The Bertz CT molecular complexity index is 889. The summed E-state index contributed by atoms with van der Waals surface area (Å²) in [6.07, 6.45) is 7.08. The zero-order valence-electron chi connectivity index (χ0n) is 24.1. The maximum absolute atomic E-state index is 13.6. The van der Waals surface area contributed by atoms with Crippen molar-refractivity contribution in [2.24, 2.45) is 35.5 Å². The Morgan fingerprint density at radius 1 is 0.946 bits per heavy atom. The third-order valence-electron chi connectivity index (χ3n) is 10.3. The van der Waals surface area contributed by atoms with Crippen molar-refractivity contribution in [2.45, 2.75) is 110 Å². The first-order valence-electron chi connectivity index (χ1n) is 15.0. The Morgan fingerprint density at radius 3 is 2.24 bits per heavy atom. The first-order valence-corrected chi connectivity index (χ1v) is 17.1. The van der Waals surface area contributed by atoms with E-state index in [1.807, 2.05) is 30.3 Å². The fourth-order valence-electron chi connectivity index (χ4n) is 8.95. The van der Waals surface area contributed by atoms with E-state index >= 15 is 0 Å². The average Bonchev–Trinajstić information content (AvgIpc) is 3.19. The molecule has 0 N–H and O–H groups in total. The highest BCUT2D eigenvalue weighted by molar-refractivity contribution is 6.77. The Kier molecular flexibility index (Phi) is 9.37. The fraction of sp³-hybridized carbons (Fsp3) is 0.750. The van der Waals surface area contributed by atoms with Gasteiger partial charge in [0.25, 0.3) is 0 Å². The first kappa shape index (κ1) is 28.5. The summed E-state index contributed by atoms with van der Waals surface area (Å²) >= 11 is 0. The van der Waals surface area contributed by atoms with Gasteiger partial charge in [0.15, 0.2) is 8.32 Å². The predicted octanol–water partition coefficient (Wildman–Crippen LogP) is 7.96. The van der Waals surface area contributed by atoms with Crippen LogP contribution in [0.2, 0.25) is 16.6 Å². The van der Waals surface area contributed by atoms with Crippen LogP contribution in [0.15, 0.2) is 30.3 Å². The van der Waals surface area contributed by atoms with Crippen molar-refractivity contribution in [1.29, 1.82) is 0 Å². The van der Waals surface area contributed by atoms with Crippen LogP contribution in [0.4, 0.5) is 0 Å². The number of rotatable bonds is 10. The number of benzene rings is 1. The van der Waals surface area contributed by atoms with Crippen molar-refractivity contribution in [1.82, 2.24) is 0 Å². The van der Waals surface area contributed by atoms with Crippen molar-refractivity contribution >= 4 is 20.1 Å². The summed E-state index contributed by atoms with van der Waals surface area (Å²) in [6, 6.07) is 9.86. The predicted molar refractivity (Wildman–Crippen MR) is 152 cm³/mol. The van der Waals surface area contributed by atoms with E-state index in [0.29, 0.717) is 65.5 Å². The third-order valence-corrected chi connectivity index (χ3v) is 16.4. The van der Waals surface area contributed by atoms with Gasteiger partial charge in [0.05, 0.1) is 0 Å². The normalized spacial score (nSPS) is 30.0. The van der Waals surface area contributed by atoms with Gasteiger partial charge < -0.3 is 9.16 Å². The number of hydrogen-bond acceptors (Lipinski definition) is 4. The molecule has 0 bridgehead atoms. The molecule has 0 radical (unpaired) electrons. The van der Waals surface area contributed by atoms with Gasteiger partial charge in [-0.1, -0.05) is 91.1 Å². The minimum Gasteiger partial charge on any atom is -0.461 e. The summed E-state index contributed by atoms with van der Waals surface area (Å²) in [5.41, 5.74) is 2.63. The van der Waals surface area contributed by atoms with Crippen molar-refractivity contribution in [2.75, 3.05) is 6.61 Å². The van der Waals surface area contributed by atoms with Gasteiger partial charge >= 0.3 is 5.97 Å². The van der Waals surface area contributed by atoms with Crippen LogP contribution >= 0.6 is 0 Å². The quantitative estimate of drug-likeness (QED) is 0.229. The number of esters is 1. The summed E-state index contributed by atoms with van der Waals surface area (Å²) in [5, 5.41) is 0. The average molecular weight is 527 g/mol. The molecule has 0 heterocycles. The van der Waals surface area contributed by atoms with Crippen LogP contribution in [0.25, 0.3) is 0 Å². The number of ketones is 1. The molecular weight excluding hydrogens is 476 g/mol. The van der Waals surface area contributed by atoms with Gasteiger partial charge in [0.1, 0.15) is 12.4 Å². The molecule has 0 spiro atoms. The molecule has 4 nitrogen and oxygen atoms in total. The van der Waals surface area contributed by atoms with Crippen molar-refractivity contribution in [3.8, 4) is 0 Å². The molecule has 3 aliphatic rings. The highest BCUT2D eigenvalue weighted by Crippen LogP contribution is 2.57. The van der Waals surface area contributed by atoms with Crippen LogP contribution in [0, 0.1) is 35.5 Å². The largest absolute Gasteiger partial charge is 0.461 e. The monoisotopic (exact) mass is 526 g/mol. The fourth-order valence-corrected chi connectivity index (χ4v) is 14.4. The Morgan fingerprint density at radius 2 is 1.59 bits per heavy atom. The van der Waals surface area contributed by atoms with Gasteiger partial charge in [-0.25, -0.2) is 0 Å². The van der Waals surface area contributed by atoms with Crippen LogP contribution in [0.1, 0.15) is 92.1 Å². The summed E-state index contributed by atoms with van der Waals surface area (Å²) < 4.78 is 12.8. The molecule has 37 heavy (non-hydrogen) atoms. The van der Waals surface area contributed by atoms with Crippen LogP contribution < -0.4 is 0 Å². The van der Waals surface area contributed by atoms with Gasteiger partial charge in [-0.15, -0.1) is 0 Å². The van der Waals surface area contributed by atoms with Crippen molar-refractivity contribution in [3.63, 3.8) is 0 Å². The minimum atomic E-state index is -1.99. The third kappa shape index (κ3) is 5.93. The minimum absolute atomic E-state index is 0.0597. The van der Waals surface area contributed by atoms with Crippen LogP contribution in [0.3, 0.4) is 0 Å². The lowest BCUT2D eigenvalue weighted by Crippen LogP contribution is -2.51. The number of hydrogen-bond donors (Lipinski definition) is 0. The van der Waals surface area contributed by atoms with Crippen LogP contribution in [0.5, 0.6) is 0 Å². The lowest BCUT2D eigenvalue weighted by Gasteiger charge is -2.49. The second-order valence-corrected chi connectivity index (χ2v) is 18.7. The Hall–Kier alpha value is -1.46. The van der Waals surface area contributed by atoms with Gasteiger partial charge in [0, 0.05) is 25.4 Å². The number of fused-ring (bicyclic) bond motifs is 3. The second kappa shape index (κ2) is 12.2. The van der Waals surface area contributed by atoms with Crippen molar-refractivity contribution < 1.29 is 18.8 Å². The molecule has 0 saturated heterocycles. The van der Waals surface area contributed by atoms with E-state index < -0.39 is 8.32 Å². The summed E-state index contributed by atoms with van der Waals surface area (Å²) in [7, 11) is -1.99. The van der Waals surface area contributed by atoms with Gasteiger partial charge in [-0.3, -0.25) is 9.59 Å². The molecule has 1 aromatic carbocycles.